The molecule has 0 spiro atoms. The van der Waals surface area contributed by atoms with E-state index in [9.17, 15) is 9.90 Å². The molecule has 0 unspecified atom stereocenters. The molecule has 0 atom stereocenters. The molecule has 0 saturated heterocycles. The van der Waals surface area contributed by atoms with Gasteiger partial charge in [0.1, 0.15) is 5.75 Å². The lowest BCUT2D eigenvalue weighted by atomic mass is 10.1. The van der Waals surface area contributed by atoms with Gasteiger partial charge >= 0.3 is 5.97 Å². The minimum Gasteiger partial charge on any atom is -0.493 e. The first-order valence-electron chi connectivity index (χ1n) is 5.49. The van der Waals surface area contributed by atoms with Crippen molar-refractivity contribution < 1.29 is 19.7 Å². The maximum absolute atomic E-state index is 10.8. The average molecular weight is 238 g/mol. The summed E-state index contributed by atoms with van der Waals surface area (Å²) in [4.78, 5) is 10.8. The van der Waals surface area contributed by atoms with Crippen LogP contribution >= 0.6 is 0 Å². The van der Waals surface area contributed by atoms with Crippen LogP contribution in [0, 0.1) is 6.92 Å². The van der Waals surface area contributed by atoms with E-state index < -0.39 is 11.6 Å². The molecule has 1 aromatic rings. The number of benzene rings is 1. The summed E-state index contributed by atoms with van der Waals surface area (Å²) >= 11 is 0. The second kappa shape index (κ2) is 5.19. The van der Waals surface area contributed by atoms with Crippen LogP contribution in [-0.2, 0) is 0 Å². The van der Waals surface area contributed by atoms with E-state index >= 15 is 0 Å². The smallest absolute Gasteiger partial charge is 0.335 e. The molecule has 0 aromatic heterocycles. The summed E-state index contributed by atoms with van der Waals surface area (Å²) in [6.45, 7) is 5.56. The number of rotatable bonds is 5. The molecule has 0 heterocycles. The van der Waals surface area contributed by atoms with Crippen LogP contribution in [0.3, 0.4) is 0 Å². The van der Waals surface area contributed by atoms with Crippen molar-refractivity contribution in [2.75, 3.05) is 6.61 Å². The first-order chi connectivity index (χ1) is 7.79. The Kier molecular flexibility index (Phi) is 4.12. The molecule has 0 aliphatic carbocycles. The molecule has 1 rings (SSSR count). The zero-order valence-corrected chi connectivity index (χ0v) is 10.4. The van der Waals surface area contributed by atoms with Crippen LogP contribution in [0.15, 0.2) is 18.2 Å². The van der Waals surface area contributed by atoms with Crippen molar-refractivity contribution >= 4 is 5.97 Å². The van der Waals surface area contributed by atoms with E-state index in [2.05, 4.69) is 0 Å². The monoisotopic (exact) mass is 238 g/mol. The topological polar surface area (TPSA) is 66.8 Å². The van der Waals surface area contributed by atoms with Gasteiger partial charge in [-0.25, -0.2) is 4.79 Å². The molecule has 2 N–H and O–H groups in total. The Morgan fingerprint density at radius 1 is 1.41 bits per heavy atom. The Morgan fingerprint density at radius 3 is 2.53 bits per heavy atom. The number of ether oxygens (including phenoxy) is 1. The molecule has 4 heteroatoms. The second-order valence-corrected chi connectivity index (χ2v) is 4.69. The maximum Gasteiger partial charge on any atom is 0.335 e. The standard InChI is InChI=1S/C13H18O4/c1-9-8-10(4-5-11(9)12(14)15)17-7-6-13(2,3)16/h4-5,8,16H,6-7H2,1-3H3,(H,14,15). The largest absolute Gasteiger partial charge is 0.493 e. The summed E-state index contributed by atoms with van der Waals surface area (Å²) in [5, 5.41) is 18.4. The van der Waals surface area contributed by atoms with Crippen LogP contribution < -0.4 is 4.74 Å². The number of carbonyl (C=O) groups is 1. The Bertz CT molecular complexity index is 404. The van der Waals surface area contributed by atoms with Gasteiger partial charge in [0.15, 0.2) is 0 Å². The van der Waals surface area contributed by atoms with Crippen molar-refractivity contribution in [2.45, 2.75) is 32.8 Å². The van der Waals surface area contributed by atoms with Gasteiger partial charge in [0.25, 0.3) is 0 Å². The van der Waals surface area contributed by atoms with Gasteiger partial charge in [-0.05, 0) is 44.5 Å². The van der Waals surface area contributed by atoms with Gasteiger partial charge in [-0.3, -0.25) is 0 Å². The highest BCUT2D eigenvalue weighted by Crippen LogP contribution is 2.18. The van der Waals surface area contributed by atoms with Crippen LogP contribution in [0.4, 0.5) is 0 Å². The number of hydrogen-bond acceptors (Lipinski definition) is 3. The lowest BCUT2D eigenvalue weighted by molar-refractivity contribution is 0.0553. The predicted molar refractivity (Wildman–Crippen MR) is 64.5 cm³/mol. The lowest BCUT2D eigenvalue weighted by Gasteiger charge is -2.17. The summed E-state index contributed by atoms with van der Waals surface area (Å²) in [7, 11) is 0. The Balaban J connectivity index is 2.62. The molecular weight excluding hydrogens is 220 g/mol. The van der Waals surface area contributed by atoms with Gasteiger partial charge in [-0.15, -0.1) is 0 Å². The molecule has 0 bridgehead atoms. The van der Waals surface area contributed by atoms with E-state index in [4.69, 9.17) is 9.84 Å². The molecule has 4 nitrogen and oxygen atoms in total. The highest BCUT2D eigenvalue weighted by molar-refractivity contribution is 5.89. The molecule has 17 heavy (non-hydrogen) atoms. The van der Waals surface area contributed by atoms with Crippen molar-refractivity contribution in [3.63, 3.8) is 0 Å². The van der Waals surface area contributed by atoms with Crippen LogP contribution in [0.5, 0.6) is 5.75 Å². The van der Waals surface area contributed by atoms with E-state index in [1.54, 1.807) is 32.9 Å². The fraction of sp³-hybridized carbons (Fsp3) is 0.462. The Labute approximate surface area is 101 Å². The molecule has 0 aliphatic rings. The summed E-state index contributed by atoms with van der Waals surface area (Å²) in [6.07, 6.45) is 0.521. The Hall–Kier alpha value is -1.55. The number of aliphatic hydroxyl groups is 1. The van der Waals surface area contributed by atoms with Gasteiger partial charge in [0.05, 0.1) is 17.8 Å². The van der Waals surface area contributed by atoms with E-state index in [1.165, 1.54) is 6.07 Å². The van der Waals surface area contributed by atoms with Gasteiger partial charge < -0.3 is 14.9 Å². The molecule has 94 valence electrons. The molecule has 0 saturated carbocycles. The van der Waals surface area contributed by atoms with E-state index in [0.29, 0.717) is 24.3 Å². The molecule has 1 aromatic carbocycles. The number of carboxylic acid groups (broad SMARTS) is 1. The fourth-order valence-electron chi connectivity index (χ4n) is 1.38. The number of aromatic carboxylic acids is 1. The summed E-state index contributed by atoms with van der Waals surface area (Å²) in [6, 6.07) is 4.84. The zero-order chi connectivity index (χ0) is 13.1. The van der Waals surface area contributed by atoms with Crippen molar-refractivity contribution in [1.82, 2.24) is 0 Å². The highest BCUT2D eigenvalue weighted by Gasteiger charge is 2.12. The zero-order valence-electron chi connectivity index (χ0n) is 10.4. The van der Waals surface area contributed by atoms with Gasteiger partial charge in [0.2, 0.25) is 0 Å². The first-order valence-corrected chi connectivity index (χ1v) is 5.49. The van der Waals surface area contributed by atoms with Crippen LogP contribution in [-0.4, -0.2) is 28.4 Å². The number of carboxylic acids is 1. The fourth-order valence-corrected chi connectivity index (χ4v) is 1.38. The predicted octanol–water partition coefficient (Wildman–Crippen LogP) is 2.23. The minimum atomic E-state index is -0.939. The SMILES string of the molecule is Cc1cc(OCCC(C)(C)O)ccc1C(=O)O. The Morgan fingerprint density at radius 2 is 2.06 bits per heavy atom. The van der Waals surface area contributed by atoms with Crippen LogP contribution in [0.2, 0.25) is 0 Å². The molecule has 0 amide bonds. The van der Waals surface area contributed by atoms with Gasteiger partial charge in [-0.2, -0.15) is 0 Å². The average Bonchev–Trinajstić information content (AvgIpc) is 2.15. The summed E-state index contributed by atoms with van der Waals surface area (Å²) in [5.41, 5.74) is 0.189. The minimum absolute atomic E-state index is 0.278. The van der Waals surface area contributed by atoms with Crippen LogP contribution in [0.25, 0.3) is 0 Å². The third kappa shape index (κ3) is 4.44. The van der Waals surface area contributed by atoms with Crippen LogP contribution in [0.1, 0.15) is 36.2 Å². The number of aryl methyl sites for hydroxylation is 1. The summed E-state index contributed by atoms with van der Waals surface area (Å²) in [5.74, 6) is -0.317. The molecular formula is C13H18O4. The molecule has 0 radical (unpaired) electrons. The van der Waals surface area contributed by atoms with E-state index in [-0.39, 0.29) is 5.56 Å². The van der Waals surface area contributed by atoms with Crippen molar-refractivity contribution in [3.05, 3.63) is 29.3 Å². The highest BCUT2D eigenvalue weighted by atomic mass is 16.5. The quantitative estimate of drug-likeness (QED) is 0.825. The first kappa shape index (κ1) is 13.5. The van der Waals surface area contributed by atoms with Crippen molar-refractivity contribution in [3.8, 4) is 5.75 Å². The van der Waals surface area contributed by atoms with E-state index in [1.807, 2.05) is 0 Å². The molecule has 0 aliphatic heterocycles. The molecule has 0 fully saturated rings. The third-order valence-corrected chi connectivity index (χ3v) is 2.41. The van der Waals surface area contributed by atoms with Crippen molar-refractivity contribution in [1.29, 1.82) is 0 Å². The summed E-state index contributed by atoms with van der Waals surface area (Å²) < 4.78 is 5.44. The van der Waals surface area contributed by atoms with Crippen molar-refractivity contribution in [2.24, 2.45) is 0 Å². The lowest BCUT2D eigenvalue weighted by Crippen LogP contribution is -2.21. The van der Waals surface area contributed by atoms with Gasteiger partial charge in [-0.1, -0.05) is 0 Å². The third-order valence-electron chi connectivity index (χ3n) is 2.41. The van der Waals surface area contributed by atoms with E-state index in [0.717, 1.165) is 0 Å². The normalized spacial score (nSPS) is 11.3. The van der Waals surface area contributed by atoms with Gasteiger partial charge in [0, 0.05) is 6.42 Å². The maximum atomic E-state index is 10.8. The second-order valence-electron chi connectivity index (χ2n) is 4.69. The number of hydrogen-bond donors (Lipinski definition) is 2.